The summed E-state index contributed by atoms with van der Waals surface area (Å²) in [7, 11) is 4.66. The van der Waals surface area contributed by atoms with E-state index >= 15 is 0 Å². The van der Waals surface area contributed by atoms with E-state index in [1.807, 2.05) is 0 Å². The number of hydrogen-bond acceptors (Lipinski definition) is 2. The summed E-state index contributed by atoms with van der Waals surface area (Å²) >= 11 is 0. The molecule has 0 saturated carbocycles. The van der Waals surface area contributed by atoms with Gasteiger partial charge in [-0.15, -0.1) is 0 Å². The first-order valence-electron chi connectivity index (χ1n) is 7.97. The van der Waals surface area contributed by atoms with E-state index in [1.54, 1.807) is 14.2 Å². The van der Waals surface area contributed by atoms with Gasteiger partial charge in [0.2, 0.25) is 0 Å². The monoisotopic (exact) mass is 325 g/mol. The van der Waals surface area contributed by atoms with Crippen LogP contribution in [-0.2, 0) is 8.85 Å². The van der Waals surface area contributed by atoms with Crippen molar-refractivity contribution in [1.29, 1.82) is 0 Å². The number of rotatable bonds is 12. The van der Waals surface area contributed by atoms with Crippen LogP contribution in [0.5, 0.6) is 0 Å². The molecule has 0 bridgehead atoms. The highest BCUT2D eigenvalue weighted by atomic mass is 35.5. The topological polar surface area (TPSA) is 18.5 Å². The smallest absolute Gasteiger partial charge is 0.320 e. The van der Waals surface area contributed by atoms with E-state index in [0.29, 0.717) is 0 Å². The molecule has 0 aliphatic carbocycles. The maximum atomic E-state index is 5.41. The van der Waals surface area contributed by atoms with Gasteiger partial charge in [-0.25, -0.2) is 0 Å². The molecule has 0 heterocycles. The van der Waals surface area contributed by atoms with Crippen molar-refractivity contribution in [1.82, 2.24) is 0 Å². The van der Waals surface area contributed by atoms with Gasteiger partial charge in [-0.2, -0.15) is 0 Å². The lowest BCUT2D eigenvalue weighted by molar-refractivity contribution is -0.934. The Bertz CT molecular complexity index is 210. The van der Waals surface area contributed by atoms with Crippen LogP contribution in [0, 0.1) is 0 Å². The van der Waals surface area contributed by atoms with Crippen molar-refractivity contribution in [2.75, 3.05) is 34.4 Å². The summed E-state index contributed by atoms with van der Waals surface area (Å²) in [4.78, 5) is 0. The molecule has 3 nitrogen and oxygen atoms in total. The molecular weight excluding hydrogens is 290 g/mol. The van der Waals surface area contributed by atoms with Crippen LogP contribution in [0.4, 0.5) is 0 Å². The fraction of sp³-hybridized carbons (Fsp3) is 1.00. The molecule has 0 aliphatic heterocycles. The van der Waals surface area contributed by atoms with Crippen LogP contribution < -0.4 is 12.4 Å². The Morgan fingerprint density at radius 2 is 1.50 bits per heavy atom. The van der Waals surface area contributed by atoms with Crippen LogP contribution in [0.15, 0.2) is 0 Å². The zero-order valence-corrected chi connectivity index (χ0v) is 16.4. The molecule has 0 aliphatic rings. The summed E-state index contributed by atoms with van der Waals surface area (Å²) in [6.07, 6.45) is 6.39. The summed E-state index contributed by atoms with van der Waals surface area (Å²) in [5, 5.41) is 0. The molecule has 0 aromatic rings. The fourth-order valence-corrected chi connectivity index (χ4v) is 4.54. The molecule has 0 radical (unpaired) electrons. The highest BCUT2D eigenvalue weighted by Crippen LogP contribution is 2.21. The molecule has 1 atom stereocenters. The first-order valence-corrected chi connectivity index (χ1v) is 9.73. The van der Waals surface area contributed by atoms with E-state index in [2.05, 4.69) is 27.8 Å². The molecule has 0 amide bonds. The molecule has 124 valence electrons. The third-order valence-electron chi connectivity index (χ3n) is 4.32. The van der Waals surface area contributed by atoms with E-state index in [1.165, 1.54) is 49.7 Å². The Kier molecular flexibility index (Phi) is 14.8. The molecule has 0 aromatic heterocycles. The third-order valence-corrected chi connectivity index (χ3v) is 6.26. The van der Waals surface area contributed by atoms with E-state index in [9.17, 15) is 0 Å². The van der Waals surface area contributed by atoms with Gasteiger partial charge in [-0.1, -0.05) is 20.8 Å². The SMILES string of the molecule is CCC[N+](C)(CCC)C(CC)CCC[SiH](OC)OC.[Cl-]. The van der Waals surface area contributed by atoms with Crippen LogP contribution in [-0.4, -0.2) is 54.2 Å². The van der Waals surface area contributed by atoms with Crippen molar-refractivity contribution in [3.63, 3.8) is 0 Å². The fourth-order valence-electron chi connectivity index (χ4n) is 3.31. The van der Waals surface area contributed by atoms with Crippen molar-refractivity contribution >= 4 is 9.28 Å². The maximum Gasteiger partial charge on any atom is 0.320 e. The lowest BCUT2D eigenvalue weighted by atomic mass is 10.0. The number of halogens is 1. The van der Waals surface area contributed by atoms with E-state index in [-0.39, 0.29) is 12.4 Å². The van der Waals surface area contributed by atoms with Gasteiger partial charge >= 0.3 is 9.28 Å². The molecule has 20 heavy (non-hydrogen) atoms. The van der Waals surface area contributed by atoms with Gasteiger partial charge in [0, 0.05) is 14.2 Å². The molecule has 0 spiro atoms. The van der Waals surface area contributed by atoms with E-state index in [4.69, 9.17) is 8.85 Å². The number of hydrogen-bond donors (Lipinski definition) is 0. The zero-order valence-electron chi connectivity index (χ0n) is 14.5. The van der Waals surface area contributed by atoms with Gasteiger partial charge < -0.3 is 25.7 Å². The molecular formula is C15H36ClNO2Si. The van der Waals surface area contributed by atoms with Crippen molar-refractivity contribution in [2.24, 2.45) is 0 Å². The van der Waals surface area contributed by atoms with E-state index in [0.717, 1.165) is 12.1 Å². The van der Waals surface area contributed by atoms with Gasteiger partial charge in [0.1, 0.15) is 0 Å². The first kappa shape index (κ1) is 22.7. The Labute approximate surface area is 134 Å². The second-order valence-corrected chi connectivity index (χ2v) is 8.20. The van der Waals surface area contributed by atoms with E-state index < -0.39 is 9.28 Å². The summed E-state index contributed by atoms with van der Waals surface area (Å²) in [5.74, 6) is 0. The van der Waals surface area contributed by atoms with Gasteiger partial charge in [-0.05, 0) is 38.1 Å². The van der Waals surface area contributed by atoms with Crippen LogP contribution in [0.3, 0.4) is 0 Å². The predicted molar refractivity (Wildman–Crippen MR) is 85.8 cm³/mol. The molecule has 5 heteroatoms. The van der Waals surface area contributed by atoms with Crippen LogP contribution >= 0.6 is 0 Å². The van der Waals surface area contributed by atoms with Crippen LogP contribution in [0.1, 0.15) is 52.9 Å². The highest BCUT2D eigenvalue weighted by Gasteiger charge is 2.29. The minimum atomic E-state index is -1.36. The predicted octanol–water partition coefficient (Wildman–Crippen LogP) is 0.329. The summed E-state index contributed by atoms with van der Waals surface area (Å²) in [6, 6.07) is 1.94. The zero-order chi connectivity index (χ0) is 14.7. The van der Waals surface area contributed by atoms with Gasteiger partial charge in [0.25, 0.3) is 0 Å². The third kappa shape index (κ3) is 7.98. The van der Waals surface area contributed by atoms with Crippen LogP contribution in [0.25, 0.3) is 0 Å². The van der Waals surface area contributed by atoms with Crippen LogP contribution in [0.2, 0.25) is 6.04 Å². The lowest BCUT2D eigenvalue weighted by Crippen LogP contribution is -3.00. The quantitative estimate of drug-likeness (QED) is 0.380. The minimum absolute atomic E-state index is 0. The lowest BCUT2D eigenvalue weighted by Gasteiger charge is -2.41. The summed E-state index contributed by atoms with van der Waals surface area (Å²) in [5.41, 5.74) is 0. The second kappa shape index (κ2) is 13.1. The number of nitrogens with zero attached hydrogens (tertiary/aromatic N) is 1. The van der Waals surface area contributed by atoms with Gasteiger partial charge in [0.15, 0.2) is 0 Å². The molecule has 0 fully saturated rings. The molecule has 0 rings (SSSR count). The van der Waals surface area contributed by atoms with Gasteiger partial charge in [-0.3, -0.25) is 0 Å². The standard InChI is InChI=1S/C15H36NO2Si.ClH/c1-7-12-16(4,13-8-2)15(9-3)11-10-14-19(17-5)18-6;/h15,19H,7-14H2,1-6H3;1H/q+1;/p-1. The maximum absolute atomic E-state index is 5.41. The van der Waals surface area contributed by atoms with Gasteiger partial charge in [0.05, 0.1) is 26.2 Å². The van der Waals surface area contributed by atoms with Crippen molar-refractivity contribution < 1.29 is 25.7 Å². The normalized spacial score (nSPS) is 13.3. The Balaban J connectivity index is 0. The minimum Gasteiger partial charge on any atom is -1.00 e. The average molecular weight is 326 g/mol. The summed E-state index contributed by atoms with van der Waals surface area (Å²) < 4.78 is 12.1. The van der Waals surface area contributed by atoms with Crippen molar-refractivity contribution in [3.05, 3.63) is 0 Å². The Hall–Kier alpha value is 0.387. The Morgan fingerprint density at radius 1 is 1.00 bits per heavy atom. The molecule has 0 N–H and O–H groups in total. The second-order valence-electron chi connectivity index (χ2n) is 5.82. The molecule has 0 aromatic carbocycles. The van der Waals surface area contributed by atoms with Crippen molar-refractivity contribution in [2.45, 2.75) is 65.0 Å². The molecule has 1 unspecified atom stereocenters. The Morgan fingerprint density at radius 3 is 1.85 bits per heavy atom. The average Bonchev–Trinajstić information content (AvgIpc) is 2.39. The first-order chi connectivity index (χ1) is 9.07. The number of quaternary nitrogens is 1. The largest absolute Gasteiger partial charge is 1.00 e. The van der Waals surface area contributed by atoms with Crippen molar-refractivity contribution in [3.8, 4) is 0 Å². The summed E-state index contributed by atoms with van der Waals surface area (Å²) in [6.45, 7) is 9.56. The molecule has 0 saturated heterocycles. The highest BCUT2D eigenvalue weighted by molar-refractivity contribution is 6.44.